The quantitative estimate of drug-likeness (QED) is 0.783. The number of nitrogens with one attached hydrogen (secondary N) is 1. The molecule has 0 aromatic carbocycles. The predicted octanol–water partition coefficient (Wildman–Crippen LogP) is 0.932. The van der Waals surface area contributed by atoms with Gasteiger partial charge in [0.25, 0.3) is 0 Å². The zero-order valence-corrected chi connectivity index (χ0v) is 9.25. The second-order valence-corrected chi connectivity index (χ2v) is 3.06. The lowest BCUT2D eigenvalue weighted by atomic mass is 10.3. The summed E-state index contributed by atoms with van der Waals surface area (Å²) in [4.78, 5) is 7.65. The lowest BCUT2D eigenvalue weighted by Gasteiger charge is -2.06. The Bertz CT molecular complexity index is 462. The minimum Gasteiger partial charge on any atom is -0.383 e. The molecule has 0 unspecified atom stereocenters. The van der Waals surface area contributed by atoms with E-state index in [1.165, 1.54) is 0 Å². The van der Waals surface area contributed by atoms with Crippen molar-refractivity contribution in [3.8, 4) is 12.1 Å². The highest BCUT2D eigenvalue weighted by atomic mass is 35.5. The van der Waals surface area contributed by atoms with Gasteiger partial charge in [-0.2, -0.15) is 10.5 Å². The Labute approximate surface area is 97.4 Å². The second-order valence-electron chi connectivity index (χ2n) is 2.70. The molecule has 0 aliphatic carbocycles. The largest absolute Gasteiger partial charge is 0.383 e. The van der Waals surface area contributed by atoms with E-state index in [2.05, 4.69) is 15.3 Å². The molecule has 0 aliphatic rings. The molecule has 0 bridgehead atoms. The lowest BCUT2D eigenvalue weighted by Crippen LogP contribution is -2.11. The zero-order chi connectivity index (χ0) is 12.0. The highest BCUT2D eigenvalue weighted by molar-refractivity contribution is 6.31. The van der Waals surface area contributed by atoms with Crippen molar-refractivity contribution in [2.75, 3.05) is 25.6 Å². The third kappa shape index (κ3) is 2.80. The van der Waals surface area contributed by atoms with Gasteiger partial charge in [-0.1, -0.05) is 11.6 Å². The van der Waals surface area contributed by atoms with Crippen molar-refractivity contribution in [1.29, 1.82) is 10.5 Å². The van der Waals surface area contributed by atoms with E-state index in [0.29, 0.717) is 13.2 Å². The molecule has 1 N–H and O–H groups in total. The first-order valence-electron chi connectivity index (χ1n) is 4.33. The van der Waals surface area contributed by atoms with Crippen LogP contribution in [0.25, 0.3) is 0 Å². The number of hydrogen-bond acceptors (Lipinski definition) is 6. The van der Waals surface area contributed by atoms with Gasteiger partial charge >= 0.3 is 0 Å². The number of ether oxygens (including phenoxy) is 1. The summed E-state index contributed by atoms with van der Waals surface area (Å²) in [6, 6.07) is 3.53. The molecule has 0 atom stereocenters. The van der Waals surface area contributed by atoms with Crippen LogP contribution in [-0.4, -0.2) is 30.2 Å². The summed E-state index contributed by atoms with van der Waals surface area (Å²) in [5.74, 6) is 0.272. The van der Waals surface area contributed by atoms with Crippen molar-refractivity contribution >= 4 is 17.4 Å². The molecule has 0 fully saturated rings. The Morgan fingerprint density at radius 1 is 1.31 bits per heavy atom. The fraction of sp³-hybridized carbons (Fsp3) is 0.333. The molecular formula is C9H8ClN5O. The standard InChI is InChI=1S/C9H8ClN5O/c1-16-3-2-13-9-8(10)14-6(4-11)7(5-12)15-9/h2-3H2,1H3,(H,13,15). The summed E-state index contributed by atoms with van der Waals surface area (Å²) in [6.07, 6.45) is 0. The Kier molecular flexibility index (Phi) is 4.46. The van der Waals surface area contributed by atoms with E-state index in [9.17, 15) is 0 Å². The number of rotatable bonds is 4. The molecular weight excluding hydrogens is 230 g/mol. The maximum absolute atomic E-state index is 8.74. The van der Waals surface area contributed by atoms with Gasteiger partial charge in [-0.25, -0.2) is 9.97 Å². The molecule has 1 heterocycles. The average molecular weight is 238 g/mol. The van der Waals surface area contributed by atoms with E-state index >= 15 is 0 Å². The summed E-state index contributed by atoms with van der Waals surface area (Å²) in [5.41, 5.74) is -0.128. The van der Waals surface area contributed by atoms with Gasteiger partial charge in [-0.3, -0.25) is 0 Å². The molecule has 82 valence electrons. The summed E-state index contributed by atoms with van der Waals surface area (Å²) < 4.78 is 4.83. The summed E-state index contributed by atoms with van der Waals surface area (Å²) >= 11 is 5.78. The van der Waals surface area contributed by atoms with E-state index < -0.39 is 0 Å². The minimum atomic E-state index is -0.0789. The molecule has 1 aromatic heterocycles. The fourth-order valence-corrected chi connectivity index (χ4v) is 1.15. The predicted molar refractivity (Wildman–Crippen MR) is 56.8 cm³/mol. The van der Waals surface area contributed by atoms with Crippen molar-refractivity contribution < 1.29 is 4.74 Å². The van der Waals surface area contributed by atoms with Gasteiger partial charge < -0.3 is 10.1 Å². The Morgan fingerprint density at radius 2 is 1.94 bits per heavy atom. The number of methoxy groups -OCH3 is 1. The summed E-state index contributed by atoms with van der Waals surface area (Å²) in [5, 5.41) is 20.3. The van der Waals surface area contributed by atoms with E-state index in [1.54, 1.807) is 19.2 Å². The maximum Gasteiger partial charge on any atom is 0.179 e. The van der Waals surface area contributed by atoms with Crippen LogP contribution < -0.4 is 5.32 Å². The minimum absolute atomic E-state index is 0.0492. The van der Waals surface area contributed by atoms with Crippen LogP contribution in [0.2, 0.25) is 5.15 Å². The smallest absolute Gasteiger partial charge is 0.179 e. The molecule has 0 amide bonds. The lowest BCUT2D eigenvalue weighted by molar-refractivity contribution is 0.210. The van der Waals surface area contributed by atoms with Crippen molar-refractivity contribution in [2.45, 2.75) is 0 Å². The van der Waals surface area contributed by atoms with Crippen molar-refractivity contribution in [2.24, 2.45) is 0 Å². The highest BCUT2D eigenvalue weighted by Crippen LogP contribution is 2.18. The molecule has 0 spiro atoms. The number of anilines is 1. The van der Waals surface area contributed by atoms with Gasteiger partial charge in [0.1, 0.15) is 12.1 Å². The molecule has 0 radical (unpaired) electrons. The van der Waals surface area contributed by atoms with Crippen molar-refractivity contribution in [1.82, 2.24) is 9.97 Å². The first kappa shape index (κ1) is 12.2. The Balaban J connectivity index is 2.95. The van der Waals surface area contributed by atoms with Gasteiger partial charge in [0, 0.05) is 13.7 Å². The topological polar surface area (TPSA) is 94.6 Å². The van der Waals surface area contributed by atoms with E-state index in [4.69, 9.17) is 26.9 Å². The average Bonchev–Trinajstić information content (AvgIpc) is 2.31. The van der Waals surface area contributed by atoms with Crippen LogP contribution in [0.1, 0.15) is 11.4 Å². The number of nitriles is 2. The third-order valence-electron chi connectivity index (χ3n) is 1.66. The van der Waals surface area contributed by atoms with Crippen molar-refractivity contribution in [3.05, 3.63) is 16.5 Å². The normalized spacial score (nSPS) is 9.25. The summed E-state index contributed by atoms with van der Waals surface area (Å²) in [6.45, 7) is 0.960. The third-order valence-corrected chi connectivity index (χ3v) is 1.93. The van der Waals surface area contributed by atoms with Crippen molar-refractivity contribution in [3.63, 3.8) is 0 Å². The molecule has 1 rings (SSSR count). The fourth-order valence-electron chi connectivity index (χ4n) is 0.955. The molecule has 6 nitrogen and oxygen atoms in total. The SMILES string of the molecule is COCCNc1nc(C#N)c(C#N)nc1Cl. The molecule has 1 aromatic rings. The monoisotopic (exact) mass is 237 g/mol. The van der Waals surface area contributed by atoms with E-state index in [-0.39, 0.29) is 22.4 Å². The molecule has 0 saturated heterocycles. The Morgan fingerprint density at radius 3 is 2.50 bits per heavy atom. The van der Waals surface area contributed by atoms with Gasteiger partial charge in [-0.15, -0.1) is 0 Å². The molecule has 7 heteroatoms. The van der Waals surface area contributed by atoms with Crippen LogP contribution in [0, 0.1) is 22.7 Å². The highest BCUT2D eigenvalue weighted by Gasteiger charge is 2.11. The maximum atomic E-state index is 8.74. The van der Waals surface area contributed by atoms with Crippen LogP contribution in [0.4, 0.5) is 5.82 Å². The first-order chi connectivity index (χ1) is 7.72. The van der Waals surface area contributed by atoms with Crippen LogP contribution in [0.15, 0.2) is 0 Å². The number of aromatic nitrogens is 2. The van der Waals surface area contributed by atoms with Crippen LogP contribution in [0.5, 0.6) is 0 Å². The van der Waals surface area contributed by atoms with Crippen LogP contribution in [-0.2, 0) is 4.74 Å². The number of halogens is 1. The molecule has 16 heavy (non-hydrogen) atoms. The van der Waals surface area contributed by atoms with Crippen LogP contribution >= 0.6 is 11.6 Å². The summed E-state index contributed by atoms with van der Waals surface area (Å²) in [7, 11) is 1.56. The zero-order valence-electron chi connectivity index (χ0n) is 8.49. The van der Waals surface area contributed by atoms with Gasteiger partial charge in [0.15, 0.2) is 22.4 Å². The van der Waals surface area contributed by atoms with E-state index in [1.807, 2.05) is 0 Å². The Hall–Kier alpha value is -1.89. The second kappa shape index (κ2) is 5.86. The van der Waals surface area contributed by atoms with E-state index in [0.717, 1.165) is 0 Å². The van der Waals surface area contributed by atoms with Gasteiger partial charge in [0.2, 0.25) is 0 Å². The number of nitrogens with zero attached hydrogens (tertiary/aromatic N) is 4. The molecule has 0 saturated carbocycles. The van der Waals surface area contributed by atoms with Gasteiger partial charge in [-0.05, 0) is 0 Å². The molecule has 0 aliphatic heterocycles. The number of hydrogen-bond donors (Lipinski definition) is 1. The van der Waals surface area contributed by atoms with Gasteiger partial charge in [0.05, 0.1) is 6.61 Å². The van der Waals surface area contributed by atoms with Crippen LogP contribution in [0.3, 0.4) is 0 Å². The first-order valence-corrected chi connectivity index (χ1v) is 4.71.